The van der Waals surface area contributed by atoms with Crippen LogP contribution in [0.4, 0.5) is 0 Å². The van der Waals surface area contributed by atoms with Gasteiger partial charge in [0.1, 0.15) is 11.6 Å². The Balaban J connectivity index is 1.93. The second kappa shape index (κ2) is 4.01. The van der Waals surface area contributed by atoms with Crippen molar-refractivity contribution >= 4 is 0 Å². The monoisotopic (exact) mass is 238 g/mol. The van der Waals surface area contributed by atoms with Crippen molar-refractivity contribution in [3.63, 3.8) is 0 Å². The molecule has 7 heteroatoms. The van der Waals surface area contributed by atoms with Crippen LogP contribution in [0.15, 0.2) is 0 Å². The normalized spacial score (nSPS) is 34.6. The fourth-order valence-electron chi connectivity index (χ4n) is 2.88. The Morgan fingerprint density at radius 2 is 2.35 bits per heavy atom. The lowest BCUT2D eigenvalue weighted by molar-refractivity contribution is -0.0917. The summed E-state index contributed by atoms with van der Waals surface area (Å²) in [6.45, 7) is 3.60. The first-order chi connectivity index (χ1) is 8.21. The number of ether oxygens (including phenoxy) is 1. The third-order valence-electron chi connectivity index (χ3n) is 3.73. The molecule has 2 unspecified atom stereocenters. The minimum absolute atomic E-state index is 0.0844. The molecule has 0 aromatic carbocycles. The van der Waals surface area contributed by atoms with Crippen molar-refractivity contribution < 1.29 is 4.74 Å². The highest BCUT2D eigenvalue weighted by atomic mass is 16.5. The molecule has 0 bridgehead atoms. The molecule has 3 rings (SSSR count). The van der Waals surface area contributed by atoms with E-state index in [-0.39, 0.29) is 11.6 Å². The number of aromatic nitrogens is 4. The molecule has 7 nitrogen and oxygen atoms in total. The molecule has 1 spiro atoms. The molecule has 0 aliphatic carbocycles. The first kappa shape index (κ1) is 11.1. The molecule has 1 N–H and O–H groups in total. The van der Waals surface area contributed by atoms with Crippen LogP contribution in [0.1, 0.15) is 18.3 Å². The van der Waals surface area contributed by atoms with Crippen LogP contribution < -0.4 is 5.32 Å². The van der Waals surface area contributed by atoms with Gasteiger partial charge in [0.15, 0.2) is 5.82 Å². The molecular weight excluding hydrogens is 220 g/mol. The largest absolute Gasteiger partial charge is 0.370 e. The molecule has 1 aromatic heterocycles. The molecule has 17 heavy (non-hydrogen) atoms. The highest BCUT2D eigenvalue weighted by Crippen LogP contribution is 2.37. The molecule has 2 fully saturated rings. The van der Waals surface area contributed by atoms with Gasteiger partial charge in [-0.1, -0.05) is 0 Å². The smallest absolute Gasteiger partial charge is 0.171 e. The van der Waals surface area contributed by atoms with E-state index in [9.17, 15) is 0 Å². The third-order valence-corrected chi connectivity index (χ3v) is 3.73. The van der Waals surface area contributed by atoms with E-state index in [1.165, 1.54) is 0 Å². The first-order valence-electron chi connectivity index (χ1n) is 5.99. The molecule has 2 atom stereocenters. The van der Waals surface area contributed by atoms with Crippen molar-refractivity contribution in [1.82, 2.24) is 30.4 Å². The summed E-state index contributed by atoms with van der Waals surface area (Å²) >= 11 is 0. The van der Waals surface area contributed by atoms with Gasteiger partial charge in [-0.3, -0.25) is 0 Å². The molecule has 2 aliphatic heterocycles. The average molecular weight is 238 g/mol. The Bertz CT molecular complexity index is 403. The van der Waals surface area contributed by atoms with E-state index in [1.54, 1.807) is 4.68 Å². The molecule has 3 heterocycles. The van der Waals surface area contributed by atoms with Crippen molar-refractivity contribution in [1.29, 1.82) is 0 Å². The van der Waals surface area contributed by atoms with Gasteiger partial charge >= 0.3 is 0 Å². The highest BCUT2D eigenvalue weighted by molar-refractivity contribution is 5.09. The van der Waals surface area contributed by atoms with Crippen LogP contribution in [0.2, 0.25) is 0 Å². The van der Waals surface area contributed by atoms with Crippen LogP contribution in [0, 0.1) is 0 Å². The van der Waals surface area contributed by atoms with Crippen LogP contribution in [0.5, 0.6) is 0 Å². The number of likely N-dealkylation sites (tertiary alicyclic amines) is 1. The van der Waals surface area contributed by atoms with Crippen LogP contribution >= 0.6 is 0 Å². The number of hydrogen-bond donors (Lipinski definition) is 1. The van der Waals surface area contributed by atoms with E-state index >= 15 is 0 Å². The summed E-state index contributed by atoms with van der Waals surface area (Å²) in [6.07, 6.45) is 1.02. The number of hydrogen-bond acceptors (Lipinski definition) is 6. The minimum Gasteiger partial charge on any atom is -0.370 e. The van der Waals surface area contributed by atoms with E-state index in [4.69, 9.17) is 4.74 Å². The maximum absolute atomic E-state index is 6.08. The second-order valence-corrected chi connectivity index (χ2v) is 4.95. The zero-order valence-electron chi connectivity index (χ0n) is 10.3. The van der Waals surface area contributed by atoms with Gasteiger partial charge in [-0.15, -0.1) is 5.10 Å². The summed E-state index contributed by atoms with van der Waals surface area (Å²) < 4.78 is 7.80. The lowest BCUT2D eigenvalue weighted by Gasteiger charge is -2.40. The Labute approximate surface area is 100 Å². The van der Waals surface area contributed by atoms with Gasteiger partial charge in [-0.05, 0) is 23.9 Å². The number of likely N-dealkylation sites (N-methyl/N-ethyl adjacent to an activating group) is 1. The summed E-state index contributed by atoms with van der Waals surface area (Å²) in [5.74, 6) is 0.861. The predicted molar refractivity (Wildman–Crippen MR) is 60.3 cm³/mol. The van der Waals surface area contributed by atoms with Gasteiger partial charge in [0.2, 0.25) is 0 Å². The molecule has 0 saturated carbocycles. The van der Waals surface area contributed by atoms with Crippen molar-refractivity contribution in [3.05, 3.63) is 5.82 Å². The fourth-order valence-corrected chi connectivity index (χ4v) is 2.88. The Morgan fingerprint density at radius 1 is 1.47 bits per heavy atom. The number of nitrogens with zero attached hydrogens (tertiary/aromatic N) is 5. The molecule has 0 amide bonds. The predicted octanol–water partition coefficient (Wildman–Crippen LogP) is -1.05. The number of tetrazole rings is 1. The third kappa shape index (κ3) is 1.74. The average Bonchev–Trinajstić information content (AvgIpc) is 2.88. The van der Waals surface area contributed by atoms with E-state index in [1.807, 2.05) is 7.05 Å². The number of rotatable bonds is 1. The van der Waals surface area contributed by atoms with Gasteiger partial charge in [-0.2, -0.15) is 0 Å². The number of aryl methyl sites for hydroxylation is 1. The maximum Gasteiger partial charge on any atom is 0.171 e. The van der Waals surface area contributed by atoms with Crippen LogP contribution in [-0.4, -0.2) is 64.0 Å². The summed E-state index contributed by atoms with van der Waals surface area (Å²) in [6, 6.07) is 0.0844. The fraction of sp³-hybridized carbons (Fsp3) is 0.900. The van der Waals surface area contributed by atoms with Crippen molar-refractivity contribution in [3.8, 4) is 0 Å². The SMILES string of the molecule is CN1CCC2(C1)OCCNC2c1nnnn1C. The molecule has 94 valence electrons. The molecule has 2 saturated heterocycles. The zero-order chi connectivity index (χ0) is 11.9. The molecule has 0 radical (unpaired) electrons. The van der Waals surface area contributed by atoms with Gasteiger partial charge < -0.3 is 15.0 Å². The summed E-state index contributed by atoms with van der Waals surface area (Å²) in [4.78, 5) is 2.30. The van der Waals surface area contributed by atoms with E-state index in [0.29, 0.717) is 0 Å². The summed E-state index contributed by atoms with van der Waals surface area (Å²) in [5, 5.41) is 15.3. The standard InChI is InChI=1S/C10H18N6O/c1-15-5-3-10(7-15)8(11-4-6-17-10)9-12-13-14-16(9)2/h8,11H,3-7H2,1-2H3. The lowest BCUT2D eigenvalue weighted by atomic mass is 9.90. The Hall–Kier alpha value is -1.05. The van der Waals surface area contributed by atoms with Crippen molar-refractivity contribution in [2.45, 2.75) is 18.1 Å². The van der Waals surface area contributed by atoms with Crippen LogP contribution in [0.25, 0.3) is 0 Å². The zero-order valence-corrected chi connectivity index (χ0v) is 10.3. The van der Waals surface area contributed by atoms with Crippen LogP contribution in [-0.2, 0) is 11.8 Å². The molecule has 1 aromatic rings. The first-order valence-corrected chi connectivity index (χ1v) is 5.99. The topological polar surface area (TPSA) is 68.1 Å². The van der Waals surface area contributed by atoms with E-state index in [0.717, 1.165) is 38.5 Å². The van der Waals surface area contributed by atoms with Crippen LogP contribution in [0.3, 0.4) is 0 Å². The maximum atomic E-state index is 6.08. The summed E-state index contributed by atoms with van der Waals surface area (Å²) in [7, 11) is 4.00. The number of morpholine rings is 1. The Kier molecular flexibility index (Phi) is 2.61. The Morgan fingerprint density at radius 3 is 3.00 bits per heavy atom. The van der Waals surface area contributed by atoms with Gasteiger partial charge in [0, 0.05) is 26.7 Å². The van der Waals surface area contributed by atoms with Gasteiger partial charge in [0.25, 0.3) is 0 Å². The van der Waals surface area contributed by atoms with E-state index < -0.39 is 0 Å². The minimum atomic E-state index is -0.171. The molecular formula is C10H18N6O. The quantitative estimate of drug-likeness (QED) is 0.673. The lowest BCUT2D eigenvalue weighted by Crippen LogP contribution is -2.54. The van der Waals surface area contributed by atoms with Gasteiger partial charge in [0.05, 0.1) is 6.61 Å². The van der Waals surface area contributed by atoms with Crippen molar-refractivity contribution in [2.24, 2.45) is 7.05 Å². The van der Waals surface area contributed by atoms with E-state index in [2.05, 4.69) is 32.8 Å². The molecule has 2 aliphatic rings. The van der Waals surface area contributed by atoms with Crippen molar-refractivity contribution in [2.75, 3.05) is 33.3 Å². The second-order valence-electron chi connectivity index (χ2n) is 4.95. The number of nitrogens with one attached hydrogen (secondary N) is 1. The summed E-state index contributed by atoms with van der Waals surface area (Å²) in [5.41, 5.74) is -0.171. The van der Waals surface area contributed by atoms with Gasteiger partial charge in [-0.25, -0.2) is 4.68 Å². The highest BCUT2D eigenvalue weighted by Gasteiger charge is 2.49.